The third kappa shape index (κ3) is 6.45. The van der Waals surface area contributed by atoms with Gasteiger partial charge in [-0.1, -0.05) is 24.3 Å². The number of alkyl halides is 3. The van der Waals surface area contributed by atoms with E-state index in [1.165, 1.54) is 19.2 Å². The second kappa shape index (κ2) is 11.7. The molecule has 3 aromatic rings. The van der Waals surface area contributed by atoms with Crippen molar-refractivity contribution in [1.82, 2.24) is 9.88 Å². The van der Waals surface area contributed by atoms with Crippen molar-refractivity contribution in [2.45, 2.75) is 31.2 Å². The molecule has 0 saturated carbocycles. The second-order valence-corrected chi connectivity index (χ2v) is 9.29. The van der Waals surface area contributed by atoms with Gasteiger partial charge in [0.25, 0.3) is 0 Å². The van der Waals surface area contributed by atoms with Crippen molar-refractivity contribution in [3.8, 4) is 17.0 Å². The molecule has 0 radical (unpaired) electrons. The van der Waals surface area contributed by atoms with Gasteiger partial charge in [-0.3, -0.25) is 9.80 Å². The van der Waals surface area contributed by atoms with Gasteiger partial charge in [0, 0.05) is 56.0 Å². The topological polar surface area (TPSA) is 89.0 Å². The number of nitrogens with zero attached hydrogens (tertiary/aromatic N) is 3. The first-order chi connectivity index (χ1) is 18.7. The zero-order valence-corrected chi connectivity index (χ0v) is 21.1. The van der Waals surface area contributed by atoms with E-state index in [0.717, 1.165) is 17.3 Å². The molecule has 0 bridgehead atoms. The van der Waals surface area contributed by atoms with Crippen LogP contribution < -0.4 is 9.64 Å². The number of carbonyl (C=O) groups excluding carboxylic acids is 3. The summed E-state index contributed by atoms with van der Waals surface area (Å²) in [5.74, 6) is 0.434. The predicted molar refractivity (Wildman–Crippen MR) is 134 cm³/mol. The van der Waals surface area contributed by atoms with Gasteiger partial charge in [0.15, 0.2) is 0 Å². The standard InChI is InChI=1S/C27H26F3N3O3.CO2/c1-35-24-10-7-19(16-31-24)23-9-8-21(27(28,29)30)15-20(23)17-32-13-11-26(12-14-32)18-33(25(34)36-26)22-5-3-2-4-6-22;2-1-3/h2-10,15-16H,11-14,17-18H2,1H3;. The summed E-state index contributed by atoms with van der Waals surface area (Å²) in [6, 6.07) is 16.7. The van der Waals surface area contributed by atoms with Gasteiger partial charge in [-0.2, -0.15) is 22.8 Å². The van der Waals surface area contributed by atoms with Crippen molar-refractivity contribution in [3.63, 3.8) is 0 Å². The van der Waals surface area contributed by atoms with Crippen LogP contribution in [0, 0.1) is 0 Å². The smallest absolute Gasteiger partial charge is 0.416 e. The normalized spacial score (nSPS) is 16.7. The maximum atomic E-state index is 13.5. The Morgan fingerprint density at radius 1 is 1.05 bits per heavy atom. The maximum absolute atomic E-state index is 13.5. The Hall–Kier alpha value is -4.21. The van der Waals surface area contributed by atoms with Crippen LogP contribution in [-0.4, -0.2) is 54.5 Å². The highest BCUT2D eigenvalue weighted by molar-refractivity contribution is 5.90. The number of anilines is 1. The zero-order chi connectivity index (χ0) is 28.0. The third-order valence-electron chi connectivity index (χ3n) is 6.89. The number of piperidine rings is 1. The van der Waals surface area contributed by atoms with E-state index in [-0.39, 0.29) is 12.2 Å². The fourth-order valence-electron chi connectivity index (χ4n) is 4.89. The molecule has 2 aliphatic rings. The first-order valence-electron chi connectivity index (χ1n) is 12.2. The molecule has 2 aromatic carbocycles. The van der Waals surface area contributed by atoms with Crippen molar-refractivity contribution < 1.29 is 37.0 Å². The first kappa shape index (κ1) is 27.8. The average molecular weight is 542 g/mol. The molecule has 5 rings (SSSR count). The molecule has 1 spiro atoms. The van der Waals surface area contributed by atoms with Gasteiger partial charge in [-0.15, -0.1) is 0 Å². The van der Waals surface area contributed by atoms with Crippen LogP contribution in [0.15, 0.2) is 66.9 Å². The number of halogens is 3. The predicted octanol–water partition coefficient (Wildman–Crippen LogP) is 5.18. The second-order valence-electron chi connectivity index (χ2n) is 9.29. The Balaban J connectivity index is 0.00000112. The third-order valence-corrected chi connectivity index (χ3v) is 6.89. The Bertz CT molecular complexity index is 1320. The molecule has 204 valence electrons. The van der Waals surface area contributed by atoms with Crippen molar-refractivity contribution in [3.05, 3.63) is 78.0 Å². The number of methoxy groups -OCH3 is 1. The number of aromatic nitrogens is 1. The van der Waals surface area contributed by atoms with Gasteiger partial charge in [0.1, 0.15) is 5.60 Å². The summed E-state index contributed by atoms with van der Waals surface area (Å²) >= 11 is 0. The van der Waals surface area contributed by atoms with Crippen LogP contribution >= 0.6 is 0 Å². The van der Waals surface area contributed by atoms with E-state index in [1.807, 2.05) is 30.3 Å². The lowest BCUT2D eigenvalue weighted by Crippen LogP contribution is -2.46. The summed E-state index contributed by atoms with van der Waals surface area (Å²) in [5.41, 5.74) is 1.52. The molecule has 3 heterocycles. The van der Waals surface area contributed by atoms with Gasteiger partial charge in [0.2, 0.25) is 5.88 Å². The number of amides is 1. The highest BCUT2D eigenvalue weighted by Crippen LogP contribution is 2.38. The van der Waals surface area contributed by atoms with E-state index in [4.69, 9.17) is 19.1 Å². The van der Waals surface area contributed by atoms with Gasteiger partial charge in [0.05, 0.1) is 19.2 Å². The quantitative estimate of drug-likeness (QED) is 0.440. The average Bonchev–Trinajstić information content (AvgIpc) is 3.26. The number of likely N-dealkylation sites (tertiary alicyclic amines) is 1. The number of carbonyl (C=O) groups is 1. The van der Waals surface area contributed by atoms with E-state index < -0.39 is 17.3 Å². The summed E-state index contributed by atoms with van der Waals surface area (Å²) in [4.78, 5) is 36.8. The largest absolute Gasteiger partial charge is 0.481 e. The maximum Gasteiger partial charge on any atom is 0.416 e. The van der Waals surface area contributed by atoms with E-state index >= 15 is 0 Å². The van der Waals surface area contributed by atoms with Crippen LogP contribution in [0.3, 0.4) is 0 Å². The Morgan fingerprint density at radius 3 is 2.33 bits per heavy atom. The summed E-state index contributed by atoms with van der Waals surface area (Å²) in [6.07, 6.45) is -1.72. The fourth-order valence-corrected chi connectivity index (χ4v) is 4.89. The van der Waals surface area contributed by atoms with Crippen LogP contribution in [0.25, 0.3) is 11.1 Å². The highest BCUT2D eigenvalue weighted by Gasteiger charge is 2.47. The van der Waals surface area contributed by atoms with Crippen LogP contribution in [0.1, 0.15) is 24.0 Å². The zero-order valence-electron chi connectivity index (χ0n) is 21.1. The summed E-state index contributed by atoms with van der Waals surface area (Å²) in [5, 5.41) is 0. The van der Waals surface area contributed by atoms with Crippen LogP contribution in [-0.2, 0) is 27.0 Å². The molecule has 11 heteroatoms. The molecular formula is C28H26F3N3O5. The molecule has 0 N–H and O–H groups in total. The van der Waals surface area contributed by atoms with Gasteiger partial charge < -0.3 is 9.47 Å². The van der Waals surface area contributed by atoms with E-state index in [9.17, 15) is 18.0 Å². The molecule has 0 unspecified atom stereocenters. The lowest BCUT2D eigenvalue weighted by Gasteiger charge is -2.37. The fraction of sp³-hybridized carbons (Fsp3) is 0.321. The van der Waals surface area contributed by atoms with Gasteiger partial charge >= 0.3 is 18.4 Å². The molecule has 2 fully saturated rings. The van der Waals surface area contributed by atoms with Crippen LogP contribution in [0.4, 0.5) is 23.7 Å². The SMILES string of the molecule is COc1ccc(-c2ccc(C(F)(F)F)cc2CN2CCC3(CC2)CN(c2ccccc2)C(=O)O3)cn1.O=C=O. The molecule has 0 atom stereocenters. The highest BCUT2D eigenvalue weighted by atomic mass is 19.4. The molecule has 39 heavy (non-hydrogen) atoms. The van der Waals surface area contributed by atoms with E-state index in [1.54, 1.807) is 23.2 Å². The first-order valence-corrected chi connectivity index (χ1v) is 12.2. The molecule has 2 saturated heterocycles. The monoisotopic (exact) mass is 541 g/mol. The summed E-state index contributed by atoms with van der Waals surface area (Å²) < 4.78 is 51.4. The lowest BCUT2D eigenvalue weighted by atomic mass is 9.90. The van der Waals surface area contributed by atoms with Gasteiger partial charge in [-0.25, -0.2) is 9.78 Å². The van der Waals surface area contributed by atoms with Crippen molar-refractivity contribution in [2.75, 3.05) is 31.6 Å². The minimum Gasteiger partial charge on any atom is -0.481 e. The number of ether oxygens (including phenoxy) is 2. The molecule has 0 aliphatic carbocycles. The lowest BCUT2D eigenvalue weighted by molar-refractivity contribution is -0.191. The molecule has 1 aromatic heterocycles. The number of hydrogen-bond acceptors (Lipinski definition) is 7. The van der Waals surface area contributed by atoms with Crippen LogP contribution in [0.2, 0.25) is 0 Å². The van der Waals surface area contributed by atoms with E-state index in [0.29, 0.717) is 56.0 Å². The number of benzene rings is 2. The molecule has 1 amide bonds. The Labute approximate surface area is 223 Å². The number of pyridine rings is 1. The Morgan fingerprint density at radius 2 is 1.74 bits per heavy atom. The Kier molecular flexibility index (Phi) is 8.32. The van der Waals surface area contributed by atoms with Crippen molar-refractivity contribution in [1.29, 1.82) is 0 Å². The minimum atomic E-state index is -4.43. The van der Waals surface area contributed by atoms with Gasteiger partial charge in [-0.05, 0) is 41.5 Å². The number of rotatable bonds is 5. The minimum absolute atomic E-state index is 0.250. The number of para-hydroxylation sites is 1. The summed E-state index contributed by atoms with van der Waals surface area (Å²) in [7, 11) is 1.51. The summed E-state index contributed by atoms with van der Waals surface area (Å²) in [6.45, 7) is 2.02. The molecule has 8 nitrogen and oxygen atoms in total. The molecular weight excluding hydrogens is 515 g/mol. The van der Waals surface area contributed by atoms with Crippen LogP contribution in [0.5, 0.6) is 5.88 Å². The number of hydrogen-bond donors (Lipinski definition) is 0. The van der Waals surface area contributed by atoms with Crippen molar-refractivity contribution >= 4 is 17.9 Å². The molecule has 2 aliphatic heterocycles. The van der Waals surface area contributed by atoms with Crippen molar-refractivity contribution in [2.24, 2.45) is 0 Å². The van der Waals surface area contributed by atoms with E-state index in [2.05, 4.69) is 9.88 Å².